The van der Waals surface area contributed by atoms with Crippen LogP contribution in [0.5, 0.6) is 0 Å². The minimum absolute atomic E-state index is 0.126. The number of hydrogen-bond donors (Lipinski definition) is 0. The van der Waals surface area contributed by atoms with Gasteiger partial charge >= 0.3 is 5.97 Å². The Balaban J connectivity index is 3.21. The summed E-state index contributed by atoms with van der Waals surface area (Å²) in [5.41, 5.74) is 0. The summed E-state index contributed by atoms with van der Waals surface area (Å²) in [4.78, 5) is 20.7. The third-order valence-corrected chi connectivity index (χ3v) is 2.17. The lowest BCUT2D eigenvalue weighted by atomic mass is 10.1. The van der Waals surface area contributed by atoms with Crippen LogP contribution in [0.2, 0.25) is 0 Å². The summed E-state index contributed by atoms with van der Waals surface area (Å²) < 4.78 is 4.55. The number of aldehydes is 1. The third-order valence-electron chi connectivity index (χ3n) is 2.17. The van der Waals surface area contributed by atoms with E-state index in [-0.39, 0.29) is 5.97 Å². The van der Waals surface area contributed by atoms with Crippen LogP contribution >= 0.6 is 0 Å². The van der Waals surface area contributed by atoms with Crippen LogP contribution in [0.1, 0.15) is 38.5 Å². The van der Waals surface area contributed by atoms with Crippen molar-refractivity contribution in [2.75, 3.05) is 7.11 Å². The van der Waals surface area contributed by atoms with Crippen molar-refractivity contribution in [3.8, 4) is 0 Å². The van der Waals surface area contributed by atoms with Crippen molar-refractivity contribution in [3.05, 3.63) is 24.3 Å². The zero-order valence-electron chi connectivity index (χ0n) is 9.85. The highest BCUT2D eigenvalue weighted by molar-refractivity contribution is 5.68. The van der Waals surface area contributed by atoms with E-state index >= 15 is 0 Å². The van der Waals surface area contributed by atoms with Gasteiger partial charge in [-0.15, -0.1) is 0 Å². The molecule has 0 aromatic heterocycles. The molecule has 0 radical (unpaired) electrons. The van der Waals surface area contributed by atoms with E-state index in [1.807, 2.05) is 12.2 Å². The average molecular weight is 224 g/mol. The van der Waals surface area contributed by atoms with Crippen LogP contribution in [0.4, 0.5) is 0 Å². The van der Waals surface area contributed by atoms with Crippen LogP contribution in [0.15, 0.2) is 24.3 Å². The van der Waals surface area contributed by atoms with E-state index in [9.17, 15) is 9.59 Å². The van der Waals surface area contributed by atoms with Gasteiger partial charge in [-0.2, -0.15) is 0 Å². The normalized spacial score (nSPS) is 11.1. The second-order valence-corrected chi connectivity index (χ2v) is 3.48. The van der Waals surface area contributed by atoms with Crippen molar-refractivity contribution in [2.45, 2.75) is 38.5 Å². The Hall–Kier alpha value is -1.38. The van der Waals surface area contributed by atoms with E-state index in [1.165, 1.54) is 13.2 Å². The monoisotopic (exact) mass is 224 g/mol. The van der Waals surface area contributed by atoms with Crippen LogP contribution in [-0.2, 0) is 14.3 Å². The summed E-state index contributed by atoms with van der Waals surface area (Å²) in [7, 11) is 1.42. The first-order valence-corrected chi connectivity index (χ1v) is 5.65. The number of allylic oxidation sites excluding steroid dienone is 4. The van der Waals surface area contributed by atoms with Gasteiger partial charge in [0.1, 0.15) is 6.29 Å². The molecular weight excluding hydrogens is 204 g/mol. The molecule has 3 heteroatoms. The van der Waals surface area contributed by atoms with Gasteiger partial charge in [0.25, 0.3) is 0 Å². The minimum Gasteiger partial charge on any atom is -0.469 e. The molecule has 0 bridgehead atoms. The molecule has 0 rings (SSSR count). The smallest absolute Gasteiger partial charge is 0.305 e. The maximum atomic E-state index is 10.8. The lowest BCUT2D eigenvalue weighted by molar-refractivity contribution is -0.140. The Labute approximate surface area is 97.2 Å². The molecule has 0 saturated heterocycles. The first kappa shape index (κ1) is 14.6. The van der Waals surface area contributed by atoms with E-state index in [2.05, 4.69) is 4.74 Å². The van der Waals surface area contributed by atoms with Gasteiger partial charge in [0.2, 0.25) is 0 Å². The predicted octanol–water partition coefficient (Wildman–Crippen LogP) is 2.81. The first-order valence-electron chi connectivity index (χ1n) is 5.65. The van der Waals surface area contributed by atoms with Crippen LogP contribution in [0, 0.1) is 0 Å². The Morgan fingerprint density at radius 1 is 1.06 bits per heavy atom. The number of rotatable bonds is 9. The Bertz CT molecular complexity index is 242. The molecule has 0 aliphatic carbocycles. The largest absolute Gasteiger partial charge is 0.469 e. The highest BCUT2D eigenvalue weighted by atomic mass is 16.5. The fourth-order valence-electron chi connectivity index (χ4n) is 1.27. The number of methoxy groups -OCH3 is 1. The fourth-order valence-corrected chi connectivity index (χ4v) is 1.27. The molecule has 16 heavy (non-hydrogen) atoms. The molecule has 0 heterocycles. The molecule has 0 aromatic carbocycles. The maximum Gasteiger partial charge on any atom is 0.305 e. The summed E-state index contributed by atoms with van der Waals surface area (Å²) >= 11 is 0. The van der Waals surface area contributed by atoms with Gasteiger partial charge in [0.05, 0.1) is 7.11 Å². The van der Waals surface area contributed by atoms with Crippen LogP contribution in [-0.4, -0.2) is 19.4 Å². The summed E-state index contributed by atoms with van der Waals surface area (Å²) in [6.07, 6.45) is 13.6. The highest BCUT2D eigenvalue weighted by Crippen LogP contribution is 2.06. The van der Waals surface area contributed by atoms with Crippen molar-refractivity contribution in [3.63, 3.8) is 0 Å². The van der Waals surface area contributed by atoms with Crippen LogP contribution in [0.25, 0.3) is 0 Å². The molecule has 0 aliphatic rings. The zero-order valence-corrected chi connectivity index (χ0v) is 9.85. The lowest BCUT2D eigenvalue weighted by Crippen LogP contribution is -1.98. The summed E-state index contributed by atoms with van der Waals surface area (Å²) in [6, 6.07) is 0. The van der Waals surface area contributed by atoms with Crippen molar-refractivity contribution in [1.29, 1.82) is 0 Å². The Kier molecular flexibility index (Phi) is 10.7. The maximum absolute atomic E-state index is 10.8. The predicted molar refractivity (Wildman–Crippen MR) is 64.1 cm³/mol. The Morgan fingerprint density at radius 3 is 2.50 bits per heavy atom. The Morgan fingerprint density at radius 2 is 1.81 bits per heavy atom. The molecule has 3 nitrogen and oxygen atoms in total. The van der Waals surface area contributed by atoms with Gasteiger partial charge in [0.15, 0.2) is 0 Å². The number of carbonyl (C=O) groups is 2. The second-order valence-electron chi connectivity index (χ2n) is 3.48. The van der Waals surface area contributed by atoms with Gasteiger partial charge in [-0.1, -0.05) is 31.1 Å². The summed E-state index contributed by atoms with van der Waals surface area (Å²) in [6.45, 7) is 0. The lowest BCUT2D eigenvalue weighted by Gasteiger charge is -1.98. The van der Waals surface area contributed by atoms with Crippen molar-refractivity contribution in [1.82, 2.24) is 0 Å². The number of unbranched alkanes of at least 4 members (excludes halogenated alkanes) is 4. The molecule has 0 aliphatic heterocycles. The molecule has 0 atom stereocenters. The average Bonchev–Trinajstić information content (AvgIpc) is 2.31. The minimum atomic E-state index is -0.126. The van der Waals surface area contributed by atoms with Gasteiger partial charge < -0.3 is 4.74 Å². The second kappa shape index (κ2) is 11.7. The van der Waals surface area contributed by atoms with Crippen molar-refractivity contribution < 1.29 is 14.3 Å². The molecule has 90 valence electrons. The molecular formula is C13H20O3. The fraction of sp³-hybridized carbons (Fsp3) is 0.538. The number of hydrogen-bond acceptors (Lipinski definition) is 3. The molecule has 0 saturated carbocycles. The SMILES string of the molecule is COC(=O)CCCCCCC=CC=CC=O. The third kappa shape index (κ3) is 10.7. The molecule has 0 amide bonds. The highest BCUT2D eigenvalue weighted by Gasteiger charge is 1.98. The van der Waals surface area contributed by atoms with Crippen LogP contribution < -0.4 is 0 Å². The number of esters is 1. The molecule has 0 spiro atoms. The van der Waals surface area contributed by atoms with Gasteiger partial charge in [-0.25, -0.2) is 0 Å². The van der Waals surface area contributed by atoms with E-state index in [1.54, 1.807) is 6.08 Å². The van der Waals surface area contributed by atoms with Gasteiger partial charge in [0, 0.05) is 6.42 Å². The van der Waals surface area contributed by atoms with Crippen LogP contribution in [0.3, 0.4) is 0 Å². The van der Waals surface area contributed by atoms with E-state index in [4.69, 9.17) is 0 Å². The quantitative estimate of drug-likeness (QED) is 0.199. The van der Waals surface area contributed by atoms with E-state index in [0.29, 0.717) is 6.42 Å². The topological polar surface area (TPSA) is 43.4 Å². The summed E-state index contributed by atoms with van der Waals surface area (Å²) in [5.74, 6) is -0.126. The molecule has 0 aromatic rings. The van der Waals surface area contributed by atoms with E-state index in [0.717, 1.165) is 38.4 Å². The molecule has 0 N–H and O–H groups in total. The number of ether oxygens (including phenoxy) is 1. The standard InChI is InChI=1S/C13H20O3/c1-16-13(15)11-9-7-5-3-2-4-6-8-10-12-14/h4,6,8,10,12H,2-3,5,7,9,11H2,1H3. The zero-order chi connectivity index (χ0) is 12.1. The van der Waals surface area contributed by atoms with Gasteiger partial charge in [-0.3, -0.25) is 9.59 Å². The number of carbonyl (C=O) groups excluding carboxylic acids is 2. The first-order chi connectivity index (χ1) is 7.81. The van der Waals surface area contributed by atoms with E-state index < -0.39 is 0 Å². The van der Waals surface area contributed by atoms with Crippen molar-refractivity contribution in [2.24, 2.45) is 0 Å². The van der Waals surface area contributed by atoms with Gasteiger partial charge in [-0.05, 0) is 25.3 Å². The molecule has 0 unspecified atom stereocenters. The molecule has 0 fully saturated rings. The van der Waals surface area contributed by atoms with Crippen molar-refractivity contribution >= 4 is 12.3 Å². The summed E-state index contributed by atoms with van der Waals surface area (Å²) in [5, 5.41) is 0.